The smallest absolute Gasteiger partial charge is 0.106 e. The summed E-state index contributed by atoms with van der Waals surface area (Å²) in [6, 6.07) is 11.0. The van der Waals surface area contributed by atoms with Gasteiger partial charge in [0, 0.05) is 21.3 Å². The van der Waals surface area contributed by atoms with Crippen LogP contribution in [0.3, 0.4) is 0 Å². The Bertz CT molecular complexity index is 641. The summed E-state index contributed by atoms with van der Waals surface area (Å²) in [7, 11) is 0. The first-order valence-corrected chi connectivity index (χ1v) is 6.77. The van der Waals surface area contributed by atoms with E-state index in [0.29, 0.717) is 15.0 Å². The van der Waals surface area contributed by atoms with E-state index in [0.717, 1.165) is 22.5 Å². The number of nitrogens with two attached hydrogens (primary N) is 1. The maximum Gasteiger partial charge on any atom is 0.106 e. The van der Waals surface area contributed by atoms with E-state index in [2.05, 4.69) is 5.32 Å². The zero-order chi connectivity index (χ0) is 14.0. The molecular formula is C14H12Cl2N2S. The summed E-state index contributed by atoms with van der Waals surface area (Å²) in [6.07, 6.45) is 0. The fraction of sp³-hybridized carbons (Fsp3) is 0.0714. The summed E-state index contributed by atoms with van der Waals surface area (Å²) in [5.74, 6) is 0. The molecule has 0 amide bonds. The van der Waals surface area contributed by atoms with Crippen molar-refractivity contribution in [3.05, 3.63) is 57.6 Å². The maximum atomic E-state index is 6.10. The van der Waals surface area contributed by atoms with Crippen molar-refractivity contribution in [3.63, 3.8) is 0 Å². The lowest BCUT2D eigenvalue weighted by atomic mass is 10.1. The standard InChI is InChI=1S/C14H12Cl2N2S/c1-8-11(16)3-2-4-12(8)18-13-7-9(15)5-6-10(13)14(17)19/h2-7,18H,1H3,(H2,17,19). The molecule has 98 valence electrons. The maximum absolute atomic E-state index is 6.10. The molecule has 5 heteroatoms. The van der Waals surface area contributed by atoms with Crippen LogP contribution < -0.4 is 11.1 Å². The zero-order valence-corrected chi connectivity index (χ0v) is 12.5. The monoisotopic (exact) mass is 310 g/mol. The lowest BCUT2D eigenvalue weighted by Gasteiger charge is -2.14. The van der Waals surface area contributed by atoms with E-state index in [1.54, 1.807) is 18.2 Å². The van der Waals surface area contributed by atoms with Crippen LogP contribution in [-0.4, -0.2) is 4.99 Å². The van der Waals surface area contributed by atoms with Crippen LogP contribution in [-0.2, 0) is 0 Å². The van der Waals surface area contributed by atoms with E-state index in [-0.39, 0.29) is 0 Å². The Morgan fingerprint density at radius 1 is 1.16 bits per heavy atom. The highest BCUT2D eigenvalue weighted by Crippen LogP contribution is 2.29. The van der Waals surface area contributed by atoms with Crippen LogP contribution in [0, 0.1) is 6.92 Å². The van der Waals surface area contributed by atoms with E-state index >= 15 is 0 Å². The van der Waals surface area contributed by atoms with Gasteiger partial charge in [-0.05, 0) is 42.8 Å². The van der Waals surface area contributed by atoms with Gasteiger partial charge in [0.2, 0.25) is 0 Å². The molecule has 2 rings (SSSR count). The second-order valence-corrected chi connectivity index (χ2v) is 5.38. The molecule has 0 unspecified atom stereocenters. The molecule has 0 spiro atoms. The third kappa shape index (κ3) is 3.18. The van der Waals surface area contributed by atoms with E-state index in [1.165, 1.54) is 0 Å². The van der Waals surface area contributed by atoms with Gasteiger partial charge in [0.05, 0.1) is 5.69 Å². The number of nitrogens with one attached hydrogen (secondary N) is 1. The van der Waals surface area contributed by atoms with Gasteiger partial charge in [0.1, 0.15) is 4.99 Å². The van der Waals surface area contributed by atoms with Crippen molar-refractivity contribution in [1.82, 2.24) is 0 Å². The molecule has 0 aliphatic rings. The van der Waals surface area contributed by atoms with Crippen LogP contribution in [0.5, 0.6) is 0 Å². The fourth-order valence-corrected chi connectivity index (χ4v) is 2.25. The first-order chi connectivity index (χ1) is 8.99. The van der Waals surface area contributed by atoms with Gasteiger partial charge in [-0.15, -0.1) is 0 Å². The van der Waals surface area contributed by atoms with Crippen LogP contribution >= 0.6 is 35.4 Å². The quantitative estimate of drug-likeness (QED) is 0.808. The summed E-state index contributed by atoms with van der Waals surface area (Å²) in [5.41, 5.74) is 9.08. The van der Waals surface area contributed by atoms with Crippen molar-refractivity contribution in [2.45, 2.75) is 6.92 Å². The lowest BCUT2D eigenvalue weighted by molar-refractivity contribution is 1.42. The Labute approximate surface area is 127 Å². The van der Waals surface area contributed by atoms with E-state index in [1.807, 2.05) is 25.1 Å². The Balaban J connectivity index is 2.45. The van der Waals surface area contributed by atoms with Crippen molar-refractivity contribution in [3.8, 4) is 0 Å². The van der Waals surface area contributed by atoms with Crippen molar-refractivity contribution >= 4 is 51.8 Å². The third-order valence-corrected chi connectivity index (χ3v) is 3.65. The second kappa shape index (κ2) is 5.78. The number of hydrogen-bond donors (Lipinski definition) is 2. The van der Waals surface area contributed by atoms with Gasteiger partial charge in [-0.2, -0.15) is 0 Å². The summed E-state index contributed by atoms with van der Waals surface area (Å²) >= 11 is 17.1. The molecule has 0 saturated heterocycles. The minimum atomic E-state index is 0.318. The molecule has 0 atom stereocenters. The number of anilines is 2. The number of rotatable bonds is 3. The fourth-order valence-electron chi connectivity index (χ4n) is 1.72. The van der Waals surface area contributed by atoms with Gasteiger partial charge in [0.15, 0.2) is 0 Å². The predicted molar refractivity (Wildman–Crippen MR) is 86.8 cm³/mol. The zero-order valence-electron chi connectivity index (χ0n) is 10.2. The molecule has 0 radical (unpaired) electrons. The SMILES string of the molecule is Cc1c(Cl)cccc1Nc1cc(Cl)ccc1C(N)=S. The summed E-state index contributed by atoms with van der Waals surface area (Å²) in [5, 5.41) is 4.58. The second-order valence-electron chi connectivity index (χ2n) is 4.09. The number of thiocarbonyl (C=S) groups is 1. The highest BCUT2D eigenvalue weighted by atomic mass is 35.5. The van der Waals surface area contributed by atoms with E-state index < -0.39 is 0 Å². The highest BCUT2D eigenvalue weighted by molar-refractivity contribution is 7.80. The summed E-state index contributed by atoms with van der Waals surface area (Å²) in [6.45, 7) is 1.94. The average molecular weight is 311 g/mol. The minimum Gasteiger partial charge on any atom is -0.389 e. The van der Waals surface area contributed by atoms with Crippen LogP contribution in [0.4, 0.5) is 11.4 Å². The van der Waals surface area contributed by atoms with Crippen LogP contribution in [0.15, 0.2) is 36.4 Å². The largest absolute Gasteiger partial charge is 0.389 e. The van der Waals surface area contributed by atoms with Gasteiger partial charge in [-0.3, -0.25) is 0 Å². The molecule has 0 bridgehead atoms. The van der Waals surface area contributed by atoms with Crippen molar-refractivity contribution < 1.29 is 0 Å². The number of halogens is 2. The Kier molecular flexibility index (Phi) is 4.30. The molecule has 19 heavy (non-hydrogen) atoms. The van der Waals surface area contributed by atoms with Crippen LogP contribution in [0.1, 0.15) is 11.1 Å². The molecule has 0 fully saturated rings. The normalized spacial score (nSPS) is 10.3. The van der Waals surface area contributed by atoms with Crippen molar-refractivity contribution in [2.24, 2.45) is 5.73 Å². The van der Waals surface area contributed by atoms with Crippen LogP contribution in [0.2, 0.25) is 10.0 Å². The molecule has 2 nitrogen and oxygen atoms in total. The molecule has 3 N–H and O–H groups in total. The summed E-state index contributed by atoms with van der Waals surface area (Å²) in [4.78, 5) is 0.318. The Morgan fingerprint density at radius 2 is 1.89 bits per heavy atom. The van der Waals surface area contributed by atoms with Crippen molar-refractivity contribution in [2.75, 3.05) is 5.32 Å². The number of benzene rings is 2. The van der Waals surface area contributed by atoms with Gasteiger partial charge in [-0.25, -0.2) is 0 Å². The summed E-state index contributed by atoms with van der Waals surface area (Å²) < 4.78 is 0. The van der Waals surface area contributed by atoms with E-state index in [9.17, 15) is 0 Å². The highest BCUT2D eigenvalue weighted by Gasteiger charge is 2.08. The number of hydrogen-bond acceptors (Lipinski definition) is 2. The van der Waals surface area contributed by atoms with Crippen molar-refractivity contribution in [1.29, 1.82) is 0 Å². The molecular weight excluding hydrogens is 299 g/mol. The van der Waals surface area contributed by atoms with E-state index in [4.69, 9.17) is 41.2 Å². The molecule has 2 aromatic carbocycles. The van der Waals surface area contributed by atoms with Gasteiger partial charge >= 0.3 is 0 Å². The molecule has 0 aliphatic heterocycles. The first kappa shape index (κ1) is 14.1. The minimum absolute atomic E-state index is 0.318. The van der Waals surface area contributed by atoms with Gasteiger partial charge in [0.25, 0.3) is 0 Å². The van der Waals surface area contributed by atoms with Crippen LogP contribution in [0.25, 0.3) is 0 Å². The van der Waals surface area contributed by atoms with Gasteiger partial charge in [-0.1, -0.05) is 41.5 Å². The predicted octanol–water partition coefficient (Wildman–Crippen LogP) is 4.68. The third-order valence-electron chi connectivity index (χ3n) is 2.78. The average Bonchev–Trinajstić information content (AvgIpc) is 2.35. The lowest BCUT2D eigenvalue weighted by Crippen LogP contribution is -2.12. The molecule has 0 heterocycles. The molecule has 0 saturated carbocycles. The molecule has 0 aromatic heterocycles. The Morgan fingerprint density at radius 3 is 2.58 bits per heavy atom. The van der Waals surface area contributed by atoms with Gasteiger partial charge < -0.3 is 11.1 Å². The first-order valence-electron chi connectivity index (χ1n) is 5.60. The molecule has 0 aliphatic carbocycles. The Hall–Kier alpha value is -1.29. The molecule has 2 aromatic rings. The topological polar surface area (TPSA) is 38.0 Å².